The molecule has 0 radical (unpaired) electrons. The number of unbranched alkanes of at least 4 members (excludes halogenated alkanes) is 14. The zero-order valence-corrected chi connectivity index (χ0v) is 26.2. The summed E-state index contributed by atoms with van der Waals surface area (Å²) in [6.45, 7) is 7.40. The summed E-state index contributed by atoms with van der Waals surface area (Å²) in [5.74, 6) is 0. The smallest absolute Gasteiger partial charge is 0.169 e. The van der Waals surface area contributed by atoms with Crippen molar-refractivity contribution in [3.8, 4) is 11.1 Å². The van der Waals surface area contributed by atoms with E-state index in [9.17, 15) is 0 Å². The average Bonchev–Trinajstić information content (AvgIpc) is 3.53. The maximum Gasteiger partial charge on any atom is 0.169 e. The van der Waals surface area contributed by atoms with Crippen LogP contribution in [0.2, 0.25) is 0 Å². The number of ether oxygens (including phenoxy) is 1. The molecule has 3 aromatic heterocycles. The molecular weight excluding hydrogens is 502 g/mol. The van der Waals surface area contributed by atoms with Crippen LogP contribution in [0, 0.1) is 0 Å². The van der Waals surface area contributed by atoms with Gasteiger partial charge in [0.25, 0.3) is 0 Å². The van der Waals surface area contributed by atoms with E-state index in [1.807, 2.05) is 0 Å². The van der Waals surface area contributed by atoms with E-state index in [4.69, 9.17) is 4.74 Å². The standard InChI is InChI=1S/C37H59N3O/c1-2-3-4-5-6-9-12-15-25-39-30-21-36(22-31-39)37-23-32-40(33-24-37)26-16-13-10-7-8-11-14-19-34-41-35-20-29-38-27-17-18-28-38/h17-18,21-24,27-28,30-33H,2-16,19-20,25-26,29,34-35H2,1H3/q+2. The first-order chi connectivity index (χ1) is 20.3. The zero-order chi connectivity index (χ0) is 28.6. The van der Waals surface area contributed by atoms with Gasteiger partial charge in [-0.15, -0.1) is 0 Å². The molecule has 0 unspecified atom stereocenters. The Morgan fingerprint density at radius 2 is 0.927 bits per heavy atom. The van der Waals surface area contributed by atoms with Gasteiger partial charge in [0, 0.05) is 69.3 Å². The zero-order valence-electron chi connectivity index (χ0n) is 26.2. The van der Waals surface area contributed by atoms with E-state index in [2.05, 4.69) is 94.2 Å². The maximum absolute atomic E-state index is 5.78. The second kappa shape index (κ2) is 22.2. The van der Waals surface area contributed by atoms with Crippen LogP contribution >= 0.6 is 0 Å². The summed E-state index contributed by atoms with van der Waals surface area (Å²) in [6, 6.07) is 13.2. The molecule has 0 aliphatic heterocycles. The number of hydrogen-bond acceptors (Lipinski definition) is 1. The molecule has 0 N–H and O–H groups in total. The number of pyridine rings is 2. The van der Waals surface area contributed by atoms with Gasteiger partial charge in [-0.2, -0.15) is 0 Å². The molecule has 3 heterocycles. The minimum atomic E-state index is 0.880. The summed E-state index contributed by atoms with van der Waals surface area (Å²) in [5.41, 5.74) is 2.62. The third-order valence-electron chi connectivity index (χ3n) is 8.21. The van der Waals surface area contributed by atoms with Crippen LogP contribution in [0.5, 0.6) is 0 Å². The van der Waals surface area contributed by atoms with Crippen molar-refractivity contribution < 1.29 is 13.9 Å². The fourth-order valence-electron chi connectivity index (χ4n) is 5.56. The minimum Gasteiger partial charge on any atom is -0.381 e. The summed E-state index contributed by atoms with van der Waals surface area (Å²) in [4.78, 5) is 0. The molecule has 0 aromatic carbocycles. The first kappa shape index (κ1) is 33.0. The van der Waals surface area contributed by atoms with E-state index < -0.39 is 0 Å². The number of aryl methyl sites for hydroxylation is 3. The number of aromatic nitrogens is 3. The largest absolute Gasteiger partial charge is 0.381 e. The van der Waals surface area contributed by atoms with Crippen molar-refractivity contribution in [1.29, 1.82) is 0 Å². The first-order valence-corrected chi connectivity index (χ1v) is 17.0. The molecule has 226 valence electrons. The van der Waals surface area contributed by atoms with Gasteiger partial charge >= 0.3 is 0 Å². The molecule has 4 heteroatoms. The van der Waals surface area contributed by atoms with Crippen LogP contribution < -0.4 is 9.13 Å². The van der Waals surface area contributed by atoms with Gasteiger partial charge < -0.3 is 9.30 Å². The molecule has 0 bridgehead atoms. The molecule has 3 aromatic rings. The lowest BCUT2D eigenvalue weighted by atomic mass is 10.1. The minimum absolute atomic E-state index is 0.880. The predicted octanol–water partition coefficient (Wildman–Crippen LogP) is 9.10. The van der Waals surface area contributed by atoms with E-state index >= 15 is 0 Å². The highest BCUT2D eigenvalue weighted by Gasteiger charge is 2.06. The van der Waals surface area contributed by atoms with Crippen molar-refractivity contribution in [2.24, 2.45) is 0 Å². The lowest BCUT2D eigenvalue weighted by molar-refractivity contribution is -0.697. The monoisotopic (exact) mass is 561 g/mol. The maximum atomic E-state index is 5.78. The molecule has 4 nitrogen and oxygen atoms in total. The molecule has 0 amide bonds. The quantitative estimate of drug-likeness (QED) is 0.0747. The highest BCUT2D eigenvalue weighted by molar-refractivity contribution is 5.60. The Hall–Kier alpha value is -2.46. The van der Waals surface area contributed by atoms with Crippen LogP contribution in [-0.4, -0.2) is 17.8 Å². The molecule has 0 saturated carbocycles. The van der Waals surface area contributed by atoms with Crippen molar-refractivity contribution in [3.05, 3.63) is 73.6 Å². The summed E-state index contributed by atoms with van der Waals surface area (Å²) in [7, 11) is 0. The second-order valence-electron chi connectivity index (χ2n) is 11.8. The van der Waals surface area contributed by atoms with Crippen molar-refractivity contribution in [2.45, 2.75) is 136 Å². The first-order valence-electron chi connectivity index (χ1n) is 17.0. The van der Waals surface area contributed by atoms with Crippen molar-refractivity contribution in [2.75, 3.05) is 13.2 Å². The Morgan fingerprint density at radius 1 is 0.512 bits per heavy atom. The molecule has 0 spiro atoms. The lowest BCUT2D eigenvalue weighted by Gasteiger charge is -2.05. The molecule has 3 rings (SSSR count). The summed E-state index contributed by atoms with van der Waals surface area (Å²) >= 11 is 0. The normalized spacial score (nSPS) is 11.3. The lowest BCUT2D eigenvalue weighted by Crippen LogP contribution is -2.33. The fourth-order valence-corrected chi connectivity index (χ4v) is 5.56. The summed E-state index contributed by atoms with van der Waals surface area (Å²) in [5, 5.41) is 0. The van der Waals surface area contributed by atoms with Crippen LogP contribution in [0.25, 0.3) is 11.1 Å². The Balaban J connectivity index is 1.14. The molecule has 41 heavy (non-hydrogen) atoms. The van der Waals surface area contributed by atoms with Crippen LogP contribution in [0.4, 0.5) is 0 Å². The fraction of sp³-hybridized carbons (Fsp3) is 0.622. The van der Waals surface area contributed by atoms with Gasteiger partial charge in [-0.05, 0) is 48.9 Å². The Bertz CT molecular complexity index is 982. The van der Waals surface area contributed by atoms with Crippen LogP contribution in [0.15, 0.2) is 73.6 Å². The van der Waals surface area contributed by atoms with Crippen molar-refractivity contribution in [1.82, 2.24) is 4.57 Å². The van der Waals surface area contributed by atoms with Gasteiger partial charge in [0.2, 0.25) is 0 Å². The van der Waals surface area contributed by atoms with E-state index in [0.717, 1.165) is 39.3 Å². The summed E-state index contributed by atoms with van der Waals surface area (Å²) < 4.78 is 12.7. The second-order valence-corrected chi connectivity index (χ2v) is 11.8. The third kappa shape index (κ3) is 15.4. The number of nitrogens with zero attached hydrogens (tertiary/aromatic N) is 3. The number of rotatable bonds is 25. The third-order valence-corrected chi connectivity index (χ3v) is 8.21. The van der Waals surface area contributed by atoms with E-state index in [1.54, 1.807) is 0 Å². The Morgan fingerprint density at radius 3 is 1.41 bits per heavy atom. The van der Waals surface area contributed by atoms with Crippen LogP contribution in [0.1, 0.15) is 116 Å². The molecule has 0 saturated heterocycles. The number of hydrogen-bond donors (Lipinski definition) is 0. The Labute approximate surface area is 251 Å². The van der Waals surface area contributed by atoms with E-state index in [-0.39, 0.29) is 0 Å². The van der Waals surface area contributed by atoms with Gasteiger partial charge in [0.05, 0.1) is 0 Å². The Kier molecular flexibility index (Phi) is 17.9. The van der Waals surface area contributed by atoms with Crippen molar-refractivity contribution >= 4 is 0 Å². The van der Waals surface area contributed by atoms with Crippen LogP contribution in [0.3, 0.4) is 0 Å². The molecule has 0 atom stereocenters. The molecular formula is C37H59N3O+2. The molecule has 0 aliphatic rings. The van der Waals surface area contributed by atoms with E-state index in [1.165, 1.54) is 114 Å². The molecule has 0 aliphatic carbocycles. The van der Waals surface area contributed by atoms with Gasteiger partial charge in [0.1, 0.15) is 13.1 Å². The topological polar surface area (TPSA) is 21.9 Å². The molecule has 0 fully saturated rings. The van der Waals surface area contributed by atoms with E-state index in [0.29, 0.717) is 0 Å². The SMILES string of the molecule is CCCCCCCCCC[n+]1ccc(-c2cc[n+](CCCCCCCCCCOCCCn3cccc3)cc2)cc1. The van der Waals surface area contributed by atoms with Crippen molar-refractivity contribution in [3.63, 3.8) is 0 Å². The van der Waals surface area contributed by atoms with Gasteiger partial charge in [0.15, 0.2) is 24.8 Å². The van der Waals surface area contributed by atoms with Gasteiger partial charge in [-0.25, -0.2) is 9.13 Å². The van der Waals surface area contributed by atoms with Gasteiger partial charge in [-0.1, -0.05) is 77.6 Å². The highest BCUT2D eigenvalue weighted by Crippen LogP contribution is 2.16. The summed E-state index contributed by atoms with van der Waals surface area (Å²) in [6.07, 6.45) is 35.9. The van der Waals surface area contributed by atoms with Gasteiger partial charge in [-0.3, -0.25) is 0 Å². The average molecular weight is 562 g/mol. The highest BCUT2D eigenvalue weighted by atomic mass is 16.5. The predicted molar refractivity (Wildman–Crippen MR) is 172 cm³/mol. The van der Waals surface area contributed by atoms with Crippen LogP contribution in [-0.2, 0) is 24.4 Å².